The highest BCUT2D eigenvalue weighted by molar-refractivity contribution is 6.33. The van der Waals surface area contributed by atoms with Crippen LogP contribution in [0.15, 0.2) is 18.2 Å². The van der Waals surface area contributed by atoms with Crippen LogP contribution in [0.3, 0.4) is 0 Å². The summed E-state index contributed by atoms with van der Waals surface area (Å²) >= 11 is 11.8. The van der Waals surface area contributed by atoms with Gasteiger partial charge in [-0.3, -0.25) is 0 Å². The van der Waals surface area contributed by atoms with E-state index in [1.165, 1.54) is 0 Å². The minimum Gasteiger partial charge on any atom is -0.324 e. The molecule has 0 heterocycles. The SMILES string of the molecule is CCC[C@H](N)c1cc(Cl)ccc1Cl. The van der Waals surface area contributed by atoms with Gasteiger partial charge in [-0.25, -0.2) is 0 Å². The summed E-state index contributed by atoms with van der Waals surface area (Å²) in [5, 5.41) is 1.39. The molecule has 1 aromatic rings. The molecule has 0 saturated heterocycles. The predicted octanol–water partition coefficient (Wildman–Crippen LogP) is 3.79. The van der Waals surface area contributed by atoms with Gasteiger partial charge in [-0.05, 0) is 30.2 Å². The second kappa shape index (κ2) is 4.85. The maximum atomic E-state index is 5.99. The average molecular weight is 218 g/mol. The van der Waals surface area contributed by atoms with Gasteiger partial charge >= 0.3 is 0 Å². The summed E-state index contributed by atoms with van der Waals surface area (Å²) in [7, 11) is 0. The molecule has 0 saturated carbocycles. The molecule has 0 unspecified atom stereocenters. The van der Waals surface area contributed by atoms with Gasteiger partial charge in [0.1, 0.15) is 0 Å². The molecule has 72 valence electrons. The molecule has 0 amide bonds. The standard InChI is InChI=1S/C10H13Cl2N/c1-2-3-10(13)8-6-7(11)4-5-9(8)12/h4-6,10H,2-3,13H2,1H3/t10-/m0/s1. The predicted molar refractivity (Wildman–Crippen MR) is 58.3 cm³/mol. The Morgan fingerprint density at radius 2 is 2.08 bits per heavy atom. The molecule has 1 atom stereocenters. The first-order valence-electron chi connectivity index (χ1n) is 4.35. The number of benzene rings is 1. The summed E-state index contributed by atoms with van der Waals surface area (Å²) in [6.45, 7) is 2.10. The summed E-state index contributed by atoms with van der Waals surface area (Å²) < 4.78 is 0. The van der Waals surface area contributed by atoms with E-state index >= 15 is 0 Å². The smallest absolute Gasteiger partial charge is 0.0454 e. The summed E-state index contributed by atoms with van der Waals surface area (Å²) in [6, 6.07) is 5.39. The van der Waals surface area contributed by atoms with Crippen LogP contribution in [0.4, 0.5) is 0 Å². The molecule has 0 aliphatic carbocycles. The van der Waals surface area contributed by atoms with E-state index < -0.39 is 0 Å². The van der Waals surface area contributed by atoms with E-state index in [1.54, 1.807) is 12.1 Å². The van der Waals surface area contributed by atoms with Gasteiger partial charge < -0.3 is 5.73 Å². The number of rotatable bonds is 3. The number of hydrogen-bond acceptors (Lipinski definition) is 1. The van der Waals surface area contributed by atoms with Crippen LogP contribution in [-0.4, -0.2) is 0 Å². The molecule has 0 spiro atoms. The van der Waals surface area contributed by atoms with Crippen LogP contribution < -0.4 is 5.73 Å². The fraction of sp³-hybridized carbons (Fsp3) is 0.400. The third kappa shape index (κ3) is 2.87. The topological polar surface area (TPSA) is 26.0 Å². The molecule has 13 heavy (non-hydrogen) atoms. The van der Waals surface area contributed by atoms with E-state index in [-0.39, 0.29) is 6.04 Å². The van der Waals surface area contributed by atoms with Crippen LogP contribution in [0.5, 0.6) is 0 Å². The first-order valence-corrected chi connectivity index (χ1v) is 5.11. The molecule has 0 fully saturated rings. The van der Waals surface area contributed by atoms with Crippen molar-refractivity contribution in [3.05, 3.63) is 33.8 Å². The van der Waals surface area contributed by atoms with E-state index in [0.717, 1.165) is 18.4 Å². The quantitative estimate of drug-likeness (QED) is 0.820. The van der Waals surface area contributed by atoms with Gasteiger partial charge in [0, 0.05) is 16.1 Å². The number of hydrogen-bond donors (Lipinski definition) is 1. The Hall–Kier alpha value is -0.240. The molecule has 1 aromatic carbocycles. The molecule has 1 rings (SSSR count). The van der Waals surface area contributed by atoms with Crippen LogP contribution in [-0.2, 0) is 0 Å². The van der Waals surface area contributed by atoms with Gasteiger partial charge in [-0.15, -0.1) is 0 Å². The summed E-state index contributed by atoms with van der Waals surface area (Å²) in [4.78, 5) is 0. The van der Waals surface area contributed by atoms with E-state index in [0.29, 0.717) is 10.0 Å². The second-order valence-corrected chi connectivity index (χ2v) is 3.90. The van der Waals surface area contributed by atoms with Gasteiger partial charge in [0.2, 0.25) is 0 Å². The Kier molecular flexibility index (Phi) is 4.04. The van der Waals surface area contributed by atoms with Crippen molar-refractivity contribution in [2.75, 3.05) is 0 Å². The summed E-state index contributed by atoms with van der Waals surface area (Å²) in [5.74, 6) is 0. The van der Waals surface area contributed by atoms with Crippen LogP contribution in [0, 0.1) is 0 Å². The average Bonchev–Trinajstić information content (AvgIpc) is 2.09. The normalized spacial score (nSPS) is 12.9. The fourth-order valence-electron chi connectivity index (χ4n) is 1.27. The van der Waals surface area contributed by atoms with Crippen molar-refractivity contribution < 1.29 is 0 Å². The minimum absolute atomic E-state index is 0.00352. The minimum atomic E-state index is -0.00352. The molecule has 0 aromatic heterocycles. The number of nitrogens with two attached hydrogens (primary N) is 1. The van der Waals surface area contributed by atoms with Crippen molar-refractivity contribution in [1.29, 1.82) is 0 Å². The molecule has 0 radical (unpaired) electrons. The Morgan fingerprint density at radius 3 is 2.69 bits per heavy atom. The highest BCUT2D eigenvalue weighted by Gasteiger charge is 2.09. The first-order chi connectivity index (χ1) is 6.15. The zero-order chi connectivity index (χ0) is 9.84. The lowest BCUT2D eigenvalue weighted by Crippen LogP contribution is -2.10. The molecule has 0 aliphatic rings. The van der Waals surface area contributed by atoms with Crippen molar-refractivity contribution in [3.63, 3.8) is 0 Å². The second-order valence-electron chi connectivity index (χ2n) is 3.06. The van der Waals surface area contributed by atoms with E-state index in [4.69, 9.17) is 28.9 Å². The van der Waals surface area contributed by atoms with Gasteiger partial charge in [0.25, 0.3) is 0 Å². The van der Waals surface area contributed by atoms with Gasteiger partial charge in [-0.2, -0.15) is 0 Å². The number of halogens is 2. The lowest BCUT2D eigenvalue weighted by Gasteiger charge is -2.12. The fourth-order valence-corrected chi connectivity index (χ4v) is 1.70. The van der Waals surface area contributed by atoms with Gasteiger partial charge in [0.15, 0.2) is 0 Å². The third-order valence-corrected chi connectivity index (χ3v) is 2.54. The molecular formula is C10H13Cl2N. The molecule has 0 aliphatic heterocycles. The maximum absolute atomic E-state index is 5.99. The van der Waals surface area contributed by atoms with Gasteiger partial charge in [0.05, 0.1) is 0 Å². The Labute approximate surface area is 88.8 Å². The monoisotopic (exact) mass is 217 g/mol. The molecule has 3 heteroatoms. The maximum Gasteiger partial charge on any atom is 0.0454 e. The molecule has 1 nitrogen and oxygen atoms in total. The van der Waals surface area contributed by atoms with E-state index in [2.05, 4.69) is 6.92 Å². The van der Waals surface area contributed by atoms with Crippen LogP contribution in [0.25, 0.3) is 0 Å². The summed E-state index contributed by atoms with van der Waals surface area (Å²) in [5.41, 5.74) is 6.87. The van der Waals surface area contributed by atoms with Crippen molar-refractivity contribution in [3.8, 4) is 0 Å². The molecule has 0 bridgehead atoms. The summed E-state index contributed by atoms with van der Waals surface area (Å²) in [6.07, 6.45) is 1.98. The Bertz CT molecular complexity index is 286. The van der Waals surface area contributed by atoms with Crippen LogP contribution in [0.2, 0.25) is 10.0 Å². The first kappa shape index (κ1) is 10.8. The lowest BCUT2D eigenvalue weighted by molar-refractivity contribution is 0.639. The molecular weight excluding hydrogens is 205 g/mol. The third-order valence-electron chi connectivity index (χ3n) is 1.96. The van der Waals surface area contributed by atoms with Crippen molar-refractivity contribution in [2.45, 2.75) is 25.8 Å². The van der Waals surface area contributed by atoms with E-state index in [1.807, 2.05) is 6.07 Å². The zero-order valence-corrected chi connectivity index (χ0v) is 9.07. The molecule has 2 N–H and O–H groups in total. The van der Waals surface area contributed by atoms with E-state index in [9.17, 15) is 0 Å². The van der Waals surface area contributed by atoms with Gasteiger partial charge in [-0.1, -0.05) is 36.5 Å². The van der Waals surface area contributed by atoms with Crippen molar-refractivity contribution in [1.82, 2.24) is 0 Å². The largest absolute Gasteiger partial charge is 0.324 e. The van der Waals surface area contributed by atoms with Crippen LogP contribution in [0.1, 0.15) is 31.4 Å². The Balaban J connectivity index is 2.91. The Morgan fingerprint density at radius 1 is 1.38 bits per heavy atom. The highest BCUT2D eigenvalue weighted by Crippen LogP contribution is 2.27. The van der Waals surface area contributed by atoms with Crippen molar-refractivity contribution in [2.24, 2.45) is 5.73 Å². The lowest BCUT2D eigenvalue weighted by atomic mass is 10.0. The van der Waals surface area contributed by atoms with Crippen molar-refractivity contribution >= 4 is 23.2 Å². The van der Waals surface area contributed by atoms with Crippen LogP contribution >= 0.6 is 23.2 Å². The highest BCUT2D eigenvalue weighted by atomic mass is 35.5. The zero-order valence-electron chi connectivity index (χ0n) is 7.56.